The van der Waals surface area contributed by atoms with Crippen molar-refractivity contribution in [1.29, 1.82) is 0 Å². The van der Waals surface area contributed by atoms with Gasteiger partial charge in [0.25, 0.3) is 0 Å². The Bertz CT molecular complexity index is 470. The van der Waals surface area contributed by atoms with Crippen LogP contribution in [0.4, 0.5) is 5.69 Å². The summed E-state index contributed by atoms with van der Waals surface area (Å²) >= 11 is 0. The molecule has 1 N–H and O–H groups in total. The van der Waals surface area contributed by atoms with Gasteiger partial charge >= 0.3 is 0 Å². The highest BCUT2D eigenvalue weighted by atomic mass is 35.5. The van der Waals surface area contributed by atoms with Gasteiger partial charge in [-0.1, -0.05) is 25.1 Å². The summed E-state index contributed by atoms with van der Waals surface area (Å²) in [6.07, 6.45) is 3.65. The molecule has 0 radical (unpaired) electrons. The average molecular weight is 311 g/mol. The Hall–Kier alpha value is -0.770. The van der Waals surface area contributed by atoms with Gasteiger partial charge < -0.3 is 10.1 Å². The van der Waals surface area contributed by atoms with Gasteiger partial charge in [0.15, 0.2) is 0 Å². The fourth-order valence-electron chi connectivity index (χ4n) is 3.53. The highest BCUT2D eigenvalue weighted by Gasteiger charge is 2.30. The Morgan fingerprint density at radius 3 is 2.76 bits per heavy atom. The predicted molar refractivity (Wildman–Crippen MR) is 90.4 cm³/mol. The monoisotopic (exact) mass is 310 g/mol. The van der Waals surface area contributed by atoms with Crippen LogP contribution in [0.15, 0.2) is 18.2 Å². The zero-order valence-corrected chi connectivity index (χ0v) is 14.0. The Morgan fingerprint density at radius 1 is 1.29 bits per heavy atom. The molecule has 0 aromatic heterocycles. The molecule has 2 aliphatic heterocycles. The number of halogens is 1. The SMILES string of the molecule is COCC1(C)CCN(Cc2cccc3c2NCC3)CC1.Cl. The topological polar surface area (TPSA) is 24.5 Å². The van der Waals surface area contributed by atoms with Crippen molar-refractivity contribution in [2.24, 2.45) is 5.41 Å². The third-order valence-corrected chi connectivity index (χ3v) is 4.88. The molecule has 118 valence electrons. The first-order valence-electron chi connectivity index (χ1n) is 7.76. The van der Waals surface area contributed by atoms with Crippen molar-refractivity contribution in [3.05, 3.63) is 29.3 Å². The second kappa shape index (κ2) is 6.99. The Morgan fingerprint density at radius 2 is 2.05 bits per heavy atom. The van der Waals surface area contributed by atoms with E-state index in [1.165, 1.54) is 49.2 Å². The normalized spacial score (nSPS) is 20.5. The van der Waals surface area contributed by atoms with E-state index >= 15 is 0 Å². The molecule has 3 nitrogen and oxygen atoms in total. The molecule has 2 heterocycles. The summed E-state index contributed by atoms with van der Waals surface area (Å²) in [5, 5.41) is 3.55. The molecular weight excluding hydrogens is 284 g/mol. The summed E-state index contributed by atoms with van der Waals surface area (Å²) in [7, 11) is 1.82. The molecule has 2 aliphatic rings. The fourth-order valence-corrected chi connectivity index (χ4v) is 3.53. The maximum atomic E-state index is 5.37. The zero-order valence-electron chi connectivity index (χ0n) is 13.2. The number of anilines is 1. The molecule has 1 fully saturated rings. The second-order valence-corrected chi connectivity index (χ2v) is 6.65. The number of benzene rings is 1. The van der Waals surface area contributed by atoms with Crippen LogP contribution in [0, 0.1) is 5.41 Å². The van der Waals surface area contributed by atoms with Crippen molar-refractivity contribution in [3.63, 3.8) is 0 Å². The van der Waals surface area contributed by atoms with E-state index in [2.05, 4.69) is 35.3 Å². The van der Waals surface area contributed by atoms with Crippen molar-refractivity contribution < 1.29 is 4.74 Å². The number of piperidine rings is 1. The van der Waals surface area contributed by atoms with E-state index in [1.807, 2.05) is 7.11 Å². The van der Waals surface area contributed by atoms with Crippen LogP contribution in [0.1, 0.15) is 30.9 Å². The summed E-state index contributed by atoms with van der Waals surface area (Å²) in [5.41, 5.74) is 4.74. The molecule has 1 aromatic carbocycles. The van der Waals surface area contributed by atoms with Crippen LogP contribution in [0.5, 0.6) is 0 Å². The van der Waals surface area contributed by atoms with Crippen LogP contribution in [0.25, 0.3) is 0 Å². The van der Waals surface area contributed by atoms with Gasteiger partial charge in [-0.3, -0.25) is 4.90 Å². The van der Waals surface area contributed by atoms with Crippen LogP contribution >= 0.6 is 12.4 Å². The first-order valence-corrected chi connectivity index (χ1v) is 7.76. The molecule has 0 atom stereocenters. The maximum absolute atomic E-state index is 5.37. The summed E-state index contributed by atoms with van der Waals surface area (Å²) in [4.78, 5) is 2.59. The molecule has 21 heavy (non-hydrogen) atoms. The number of nitrogens with zero attached hydrogens (tertiary/aromatic N) is 1. The standard InChI is InChI=1S/C17H26N2O.ClH/c1-17(13-20-2)7-10-19(11-8-17)12-15-5-3-4-14-6-9-18-16(14)15;/h3-5,18H,6-13H2,1-2H3;1H. The summed E-state index contributed by atoms with van der Waals surface area (Å²) in [6, 6.07) is 6.74. The van der Waals surface area contributed by atoms with Gasteiger partial charge in [0.2, 0.25) is 0 Å². The van der Waals surface area contributed by atoms with Crippen molar-refractivity contribution >= 4 is 18.1 Å². The van der Waals surface area contributed by atoms with E-state index in [0.29, 0.717) is 5.41 Å². The number of hydrogen-bond acceptors (Lipinski definition) is 3. The molecule has 0 amide bonds. The number of para-hydroxylation sites is 1. The number of rotatable bonds is 4. The lowest BCUT2D eigenvalue weighted by molar-refractivity contribution is 0.0323. The first-order chi connectivity index (χ1) is 9.70. The smallest absolute Gasteiger partial charge is 0.0516 e. The Labute approximate surface area is 134 Å². The zero-order chi connectivity index (χ0) is 14.0. The van der Waals surface area contributed by atoms with E-state index in [-0.39, 0.29) is 12.4 Å². The molecule has 1 aromatic rings. The largest absolute Gasteiger partial charge is 0.384 e. The molecule has 4 heteroatoms. The lowest BCUT2D eigenvalue weighted by Gasteiger charge is -2.39. The van der Waals surface area contributed by atoms with Crippen LogP contribution in [0.2, 0.25) is 0 Å². The van der Waals surface area contributed by atoms with Crippen molar-refractivity contribution in [3.8, 4) is 0 Å². The number of likely N-dealkylation sites (tertiary alicyclic amines) is 1. The number of nitrogens with one attached hydrogen (secondary N) is 1. The van der Waals surface area contributed by atoms with Gasteiger partial charge in [0.1, 0.15) is 0 Å². The van der Waals surface area contributed by atoms with E-state index in [4.69, 9.17) is 4.74 Å². The molecule has 0 unspecified atom stereocenters. The van der Waals surface area contributed by atoms with Gasteiger partial charge in [-0.15, -0.1) is 12.4 Å². The van der Waals surface area contributed by atoms with Crippen molar-refractivity contribution in [2.75, 3.05) is 38.7 Å². The Balaban J connectivity index is 0.00000161. The van der Waals surface area contributed by atoms with Crippen LogP contribution in [-0.4, -0.2) is 38.3 Å². The molecule has 0 spiro atoms. The van der Waals surface area contributed by atoms with Crippen molar-refractivity contribution in [2.45, 2.75) is 32.7 Å². The molecule has 0 saturated carbocycles. The number of fused-ring (bicyclic) bond motifs is 1. The quantitative estimate of drug-likeness (QED) is 0.923. The van der Waals surface area contributed by atoms with Crippen molar-refractivity contribution in [1.82, 2.24) is 4.90 Å². The van der Waals surface area contributed by atoms with E-state index in [9.17, 15) is 0 Å². The number of ether oxygens (including phenoxy) is 1. The number of methoxy groups -OCH3 is 1. The summed E-state index contributed by atoms with van der Waals surface area (Å²) in [5.74, 6) is 0. The van der Waals surface area contributed by atoms with Gasteiger partial charge in [-0.25, -0.2) is 0 Å². The van der Waals surface area contributed by atoms with Crippen LogP contribution < -0.4 is 5.32 Å². The molecule has 3 rings (SSSR count). The minimum Gasteiger partial charge on any atom is -0.384 e. The molecule has 0 bridgehead atoms. The lowest BCUT2D eigenvalue weighted by Crippen LogP contribution is -2.40. The summed E-state index contributed by atoms with van der Waals surface area (Å²) in [6.45, 7) is 7.79. The van der Waals surface area contributed by atoms with Gasteiger partial charge in [-0.05, 0) is 48.9 Å². The molecular formula is C17H27ClN2O. The highest BCUT2D eigenvalue weighted by molar-refractivity contribution is 5.85. The lowest BCUT2D eigenvalue weighted by atomic mass is 9.81. The third kappa shape index (κ3) is 3.71. The number of hydrogen-bond donors (Lipinski definition) is 1. The fraction of sp³-hybridized carbons (Fsp3) is 0.647. The Kier molecular flexibility index (Phi) is 5.53. The van der Waals surface area contributed by atoms with E-state index in [1.54, 1.807) is 0 Å². The second-order valence-electron chi connectivity index (χ2n) is 6.65. The molecule has 1 saturated heterocycles. The third-order valence-electron chi connectivity index (χ3n) is 4.88. The minimum atomic E-state index is 0. The molecule has 0 aliphatic carbocycles. The van der Waals surface area contributed by atoms with Gasteiger partial charge in [-0.2, -0.15) is 0 Å². The summed E-state index contributed by atoms with van der Waals surface area (Å²) < 4.78 is 5.37. The van der Waals surface area contributed by atoms with E-state index < -0.39 is 0 Å². The van der Waals surface area contributed by atoms with Gasteiger partial charge in [0, 0.05) is 25.9 Å². The first kappa shape index (κ1) is 16.6. The highest BCUT2D eigenvalue weighted by Crippen LogP contribution is 2.33. The predicted octanol–water partition coefficient (Wildman–Crippen LogP) is 3.32. The van der Waals surface area contributed by atoms with Gasteiger partial charge in [0.05, 0.1) is 6.61 Å². The average Bonchev–Trinajstić information content (AvgIpc) is 2.91. The maximum Gasteiger partial charge on any atom is 0.0516 e. The van der Waals surface area contributed by atoms with Crippen LogP contribution in [-0.2, 0) is 17.7 Å². The van der Waals surface area contributed by atoms with E-state index in [0.717, 1.165) is 19.7 Å². The van der Waals surface area contributed by atoms with Crippen LogP contribution in [0.3, 0.4) is 0 Å². The minimum absolute atomic E-state index is 0.